The number of benzene rings is 2. The van der Waals surface area contributed by atoms with Gasteiger partial charge in [-0.05, 0) is 74.1 Å². The number of nitrogens with zero attached hydrogens (tertiary/aromatic N) is 8. The molecule has 184 valence electrons. The van der Waals surface area contributed by atoms with E-state index in [4.69, 9.17) is 10.00 Å². The van der Waals surface area contributed by atoms with Crippen LogP contribution in [0.1, 0.15) is 42.5 Å². The second-order valence-corrected chi connectivity index (χ2v) is 9.89. The van der Waals surface area contributed by atoms with Gasteiger partial charge in [0.05, 0.1) is 65.6 Å². The van der Waals surface area contributed by atoms with Crippen molar-refractivity contribution in [3.05, 3.63) is 71.8 Å². The van der Waals surface area contributed by atoms with E-state index in [0.29, 0.717) is 35.8 Å². The highest BCUT2D eigenvalue weighted by Crippen LogP contribution is 2.41. The summed E-state index contributed by atoms with van der Waals surface area (Å²) in [5.74, 6) is 0.335. The molecule has 1 aliphatic carbocycles. The van der Waals surface area contributed by atoms with E-state index in [1.54, 1.807) is 34.0 Å². The van der Waals surface area contributed by atoms with Crippen molar-refractivity contribution in [1.29, 1.82) is 10.5 Å². The first-order valence-electron chi connectivity index (χ1n) is 12.3. The molecule has 10 heteroatoms. The average molecular weight is 493 g/mol. The van der Waals surface area contributed by atoms with E-state index in [1.165, 1.54) is 0 Å². The summed E-state index contributed by atoms with van der Waals surface area (Å²) < 4.78 is 9.74. The molecule has 0 N–H and O–H groups in total. The minimum atomic E-state index is -0.503. The van der Waals surface area contributed by atoms with Gasteiger partial charge in [-0.3, -0.25) is 4.90 Å². The molecule has 1 aliphatic heterocycles. The maximum atomic E-state index is 12.8. The first-order chi connectivity index (χ1) is 18.0. The number of amides is 1. The van der Waals surface area contributed by atoms with Crippen molar-refractivity contribution >= 4 is 17.1 Å². The summed E-state index contributed by atoms with van der Waals surface area (Å²) in [4.78, 5) is 19.0. The van der Waals surface area contributed by atoms with Crippen molar-refractivity contribution in [2.45, 2.75) is 44.4 Å². The fourth-order valence-corrected chi connectivity index (χ4v) is 5.58. The Hall–Kier alpha value is -4.70. The summed E-state index contributed by atoms with van der Waals surface area (Å²) in [6.45, 7) is 1.61. The molecule has 2 aromatic carbocycles. The molecule has 6 rings (SSSR count). The van der Waals surface area contributed by atoms with Crippen LogP contribution in [0.25, 0.3) is 16.7 Å². The molecule has 2 atom stereocenters. The number of rotatable bonds is 5. The second-order valence-electron chi connectivity index (χ2n) is 9.89. The third kappa shape index (κ3) is 4.38. The van der Waals surface area contributed by atoms with E-state index in [2.05, 4.69) is 32.0 Å². The topological polar surface area (TPSA) is 126 Å². The van der Waals surface area contributed by atoms with Gasteiger partial charge in [0.1, 0.15) is 11.3 Å². The summed E-state index contributed by atoms with van der Waals surface area (Å²) in [6, 6.07) is 16.9. The Kier molecular flexibility index (Phi) is 5.57. The van der Waals surface area contributed by atoms with Gasteiger partial charge < -0.3 is 9.30 Å². The lowest BCUT2D eigenvalue weighted by atomic mass is 9.78. The van der Waals surface area contributed by atoms with Gasteiger partial charge in [0, 0.05) is 6.54 Å². The highest BCUT2D eigenvalue weighted by Gasteiger charge is 2.48. The van der Waals surface area contributed by atoms with Gasteiger partial charge in [0.25, 0.3) is 0 Å². The van der Waals surface area contributed by atoms with Crippen LogP contribution >= 0.6 is 0 Å². The van der Waals surface area contributed by atoms with E-state index in [1.807, 2.05) is 30.6 Å². The molecule has 37 heavy (non-hydrogen) atoms. The van der Waals surface area contributed by atoms with Crippen molar-refractivity contribution < 1.29 is 9.53 Å². The zero-order valence-electron chi connectivity index (χ0n) is 20.1. The van der Waals surface area contributed by atoms with E-state index in [-0.39, 0.29) is 6.09 Å². The summed E-state index contributed by atoms with van der Waals surface area (Å²) in [7, 11) is 0. The number of fused-ring (bicyclic) bond motifs is 1. The average Bonchev–Trinajstić information content (AvgIpc) is 3.62. The maximum Gasteiger partial charge on any atom is 0.410 e. The summed E-state index contributed by atoms with van der Waals surface area (Å²) in [6.07, 6.45) is 6.96. The number of nitriles is 2. The molecule has 3 heterocycles. The predicted molar refractivity (Wildman–Crippen MR) is 132 cm³/mol. The van der Waals surface area contributed by atoms with Crippen LogP contribution < -0.4 is 0 Å². The molecule has 1 amide bonds. The highest BCUT2D eigenvalue weighted by atomic mass is 16.6. The minimum Gasteiger partial charge on any atom is -0.441 e. The molecule has 2 aliphatic rings. The minimum absolute atomic E-state index is 0.319. The first kappa shape index (κ1) is 22.7. The van der Waals surface area contributed by atoms with Crippen molar-refractivity contribution in [2.24, 2.45) is 5.92 Å². The van der Waals surface area contributed by atoms with E-state index < -0.39 is 5.60 Å². The number of hydrogen-bond acceptors (Lipinski definition) is 7. The van der Waals surface area contributed by atoms with Crippen LogP contribution in [-0.2, 0) is 17.8 Å². The quantitative estimate of drug-likeness (QED) is 0.413. The van der Waals surface area contributed by atoms with Gasteiger partial charge in [0.15, 0.2) is 0 Å². The van der Waals surface area contributed by atoms with E-state index in [0.717, 1.165) is 48.9 Å². The molecule has 1 saturated carbocycles. The number of carbonyl (C=O) groups excluding carboxylic acids is 1. The standard InChI is InChI=1S/C27H24N8O2/c28-12-19-3-6-23(7-4-19)35-16-22(31-32-35)15-33-17-27(37-26(33)36)9-1-2-21(11-27)14-34-18-30-24-8-5-20(13-29)10-25(24)34/h3-8,10,16,18,21H,1-2,9,11,14-15,17H2. The second kappa shape index (κ2) is 9.07. The first-order valence-corrected chi connectivity index (χ1v) is 12.3. The van der Waals surface area contributed by atoms with Crippen molar-refractivity contribution in [2.75, 3.05) is 6.54 Å². The van der Waals surface area contributed by atoms with Gasteiger partial charge in [0.2, 0.25) is 0 Å². The zero-order valence-corrected chi connectivity index (χ0v) is 20.1. The van der Waals surface area contributed by atoms with Crippen LogP contribution in [0, 0.1) is 28.6 Å². The van der Waals surface area contributed by atoms with Gasteiger partial charge in [-0.1, -0.05) is 5.21 Å². The van der Waals surface area contributed by atoms with Gasteiger partial charge in [-0.15, -0.1) is 5.10 Å². The largest absolute Gasteiger partial charge is 0.441 e. The summed E-state index contributed by atoms with van der Waals surface area (Å²) >= 11 is 0. The van der Waals surface area contributed by atoms with Gasteiger partial charge in [-0.25, -0.2) is 14.5 Å². The predicted octanol–water partition coefficient (Wildman–Crippen LogP) is 3.94. The Morgan fingerprint density at radius 3 is 2.73 bits per heavy atom. The number of hydrogen-bond donors (Lipinski definition) is 0. The lowest BCUT2D eigenvalue weighted by molar-refractivity contribution is 0.00415. The Morgan fingerprint density at radius 1 is 1.11 bits per heavy atom. The SMILES string of the molecule is N#Cc1ccc(-n2cc(CN3CC4(CCCC(Cn5cnc6ccc(C#N)cc65)C4)OC3=O)nn2)cc1. The van der Waals surface area contributed by atoms with Crippen molar-refractivity contribution in [1.82, 2.24) is 29.4 Å². The number of carbonyl (C=O) groups is 1. The molecule has 10 nitrogen and oxygen atoms in total. The molecule has 0 bridgehead atoms. The third-order valence-electron chi connectivity index (χ3n) is 7.31. The number of imidazole rings is 1. The Bertz CT molecular complexity index is 1560. The highest BCUT2D eigenvalue weighted by molar-refractivity contribution is 5.77. The van der Waals surface area contributed by atoms with Gasteiger partial charge in [-0.2, -0.15) is 10.5 Å². The van der Waals surface area contributed by atoms with E-state index >= 15 is 0 Å². The molecule has 1 spiro atoms. The molecule has 2 unspecified atom stereocenters. The van der Waals surface area contributed by atoms with Crippen LogP contribution in [0.4, 0.5) is 4.79 Å². The zero-order chi connectivity index (χ0) is 25.4. The number of ether oxygens (including phenoxy) is 1. The lowest BCUT2D eigenvalue weighted by Gasteiger charge is -2.36. The molecular formula is C27H24N8O2. The van der Waals surface area contributed by atoms with Crippen LogP contribution in [0.15, 0.2) is 55.0 Å². The Labute approximate surface area is 213 Å². The fraction of sp³-hybridized carbons (Fsp3) is 0.333. The molecule has 2 fully saturated rings. The smallest absolute Gasteiger partial charge is 0.410 e. The van der Waals surface area contributed by atoms with Gasteiger partial charge >= 0.3 is 6.09 Å². The van der Waals surface area contributed by atoms with Crippen LogP contribution in [-0.4, -0.2) is 47.7 Å². The monoisotopic (exact) mass is 492 g/mol. The number of aromatic nitrogens is 5. The lowest BCUT2D eigenvalue weighted by Crippen LogP contribution is -2.40. The maximum absolute atomic E-state index is 12.8. The Balaban J connectivity index is 1.13. The summed E-state index contributed by atoms with van der Waals surface area (Å²) in [5.41, 5.74) is 3.98. The molecule has 0 radical (unpaired) electrons. The molecule has 4 aromatic rings. The van der Waals surface area contributed by atoms with Crippen LogP contribution in [0.2, 0.25) is 0 Å². The third-order valence-corrected chi connectivity index (χ3v) is 7.31. The van der Waals surface area contributed by atoms with Crippen molar-refractivity contribution in [3.63, 3.8) is 0 Å². The summed E-state index contributed by atoms with van der Waals surface area (Å²) in [5, 5.41) is 26.7. The normalized spacial score (nSPS) is 21.2. The van der Waals surface area contributed by atoms with E-state index in [9.17, 15) is 10.1 Å². The fourth-order valence-electron chi connectivity index (χ4n) is 5.58. The molecule has 2 aromatic heterocycles. The van der Waals surface area contributed by atoms with Crippen LogP contribution in [0.5, 0.6) is 0 Å². The molecular weight excluding hydrogens is 468 g/mol. The van der Waals surface area contributed by atoms with Crippen molar-refractivity contribution in [3.8, 4) is 17.8 Å². The Morgan fingerprint density at radius 2 is 1.92 bits per heavy atom. The van der Waals surface area contributed by atoms with Crippen LogP contribution in [0.3, 0.4) is 0 Å². The molecule has 1 saturated heterocycles.